The highest BCUT2D eigenvalue weighted by atomic mass is 16.2. The second-order valence-electron chi connectivity index (χ2n) is 6.35. The molecule has 0 aliphatic carbocycles. The van der Waals surface area contributed by atoms with Crippen molar-refractivity contribution in [2.75, 3.05) is 17.2 Å². The Balaban J connectivity index is 1.46. The summed E-state index contributed by atoms with van der Waals surface area (Å²) in [5, 5.41) is 5.62. The zero-order valence-electron chi connectivity index (χ0n) is 14.0. The van der Waals surface area contributed by atoms with Crippen LogP contribution in [0.15, 0.2) is 49.0 Å². The Morgan fingerprint density at radius 2 is 1.88 bits per heavy atom. The highest BCUT2D eigenvalue weighted by molar-refractivity contribution is 6.11. The molecule has 0 unspecified atom stereocenters. The van der Waals surface area contributed by atoms with Gasteiger partial charge in [-0.25, -0.2) is 0 Å². The summed E-state index contributed by atoms with van der Waals surface area (Å²) in [5.41, 5.74) is 4.26. The van der Waals surface area contributed by atoms with E-state index >= 15 is 0 Å². The molecule has 2 aliphatic heterocycles. The summed E-state index contributed by atoms with van der Waals surface area (Å²) in [6.45, 7) is 3.84. The molecule has 0 saturated heterocycles. The van der Waals surface area contributed by atoms with Crippen LogP contribution in [0.3, 0.4) is 0 Å². The maximum atomic E-state index is 12.5. The van der Waals surface area contributed by atoms with Crippen molar-refractivity contribution in [3.8, 4) is 0 Å². The third kappa shape index (κ3) is 2.75. The van der Waals surface area contributed by atoms with Gasteiger partial charge < -0.3 is 10.6 Å². The van der Waals surface area contributed by atoms with Crippen molar-refractivity contribution >= 4 is 34.8 Å². The van der Waals surface area contributed by atoms with Crippen molar-refractivity contribution in [1.29, 1.82) is 0 Å². The standard InChI is InChI=1S/C20H17N3O3/c1-12-15-4-2-3-5-16(15)20(26)23(12)11-19(25)21-14-7-8-17-13(10-14)6-9-18(24)22-17/h2-5,7-8,10H,1,6,9,11H2,(H,21,25)(H,22,24). The molecule has 2 aliphatic rings. The van der Waals surface area contributed by atoms with Gasteiger partial charge in [0, 0.05) is 34.6 Å². The normalized spacial score (nSPS) is 15.4. The molecule has 2 heterocycles. The van der Waals surface area contributed by atoms with Gasteiger partial charge in [0.05, 0.1) is 0 Å². The van der Waals surface area contributed by atoms with E-state index in [0.29, 0.717) is 29.8 Å². The zero-order chi connectivity index (χ0) is 18.3. The van der Waals surface area contributed by atoms with Gasteiger partial charge in [-0.15, -0.1) is 0 Å². The zero-order valence-corrected chi connectivity index (χ0v) is 14.0. The van der Waals surface area contributed by atoms with Gasteiger partial charge in [-0.1, -0.05) is 24.8 Å². The summed E-state index contributed by atoms with van der Waals surface area (Å²) in [6.07, 6.45) is 1.08. The van der Waals surface area contributed by atoms with E-state index in [9.17, 15) is 14.4 Å². The highest BCUT2D eigenvalue weighted by Crippen LogP contribution is 2.31. The fraction of sp³-hybridized carbons (Fsp3) is 0.150. The van der Waals surface area contributed by atoms with Gasteiger partial charge in [0.15, 0.2) is 0 Å². The molecule has 4 rings (SSSR count). The second-order valence-corrected chi connectivity index (χ2v) is 6.35. The number of rotatable bonds is 3. The molecule has 3 amide bonds. The predicted octanol–water partition coefficient (Wildman–Crippen LogP) is 2.64. The molecule has 130 valence electrons. The van der Waals surface area contributed by atoms with Crippen LogP contribution in [0.1, 0.15) is 27.9 Å². The molecule has 26 heavy (non-hydrogen) atoms. The molecule has 2 aromatic rings. The first-order chi connectivity index (χ1) is 12.5. The van der Waals surface area contributed by atoms with Gasteiger partial charge in [-0.05, 0) is 36.2 Å². The largest absolute Gasteiger partial charge is 0.326 e. The maximum Gasteiger partial charge on any atom is 0.259 e. The number of hydrogen-bond acceptors (Lipinski definition) is 3. The van der Waals surface area contributed by atoms with Crippen LogP contribution in [0.25, 0.3) is 5.70 Å². The fourth-order valence-electron chi connectivity index (χ4n) is 3.31. The molecule has 6 nitrogen and oxygen atoms in total. The van der Waals surface area contributed by atoms with Gasteiger partial charge in [-0.3, -0.25) is 19.3 Å². The molecule has 0 radical (unpaired) electrons. The Kier molecular flexibility index (Phi) is 3.80. The van der Waals surface area contributed by atoms with Crippen molar-refractivity contribution in [1.82, 2.24) is 4.90 Å². The number of carbonyl (C=O) groups is 3. The number of nitrogens with one attached hydrogen (secondary N) is 2. The van der Waals surface area contributed by atoms with Crippen LogP contribution in [0.4, 0.5) is 11.4 Å². The van der Waals surface area contributed by atoms with Crippen LogP contribution < -0.4 is 10.6 Å². The molecule has 2 aromatic carbocycles. The van der Waals surface area contributed by atoms with Gasteiger partial charge in [-0.2, -0.15) is 0 Å². The average Bonchev–Trinajstić information content (AvgIpc) is 2.87. The number of carbonyl (C=O) groups excluding carboxylic acids is 3. The molecule has 0 bridgehead atoms. The van der Waals surface area contributed by atoms with E-state index in [1.807, 2.05) is 18.2 Å². The lowest BCUT2D eigenvalue weighted by Gasteiger charge is -2.19. The lowest BCUT2D eigenvalue weighted by Crippen LogP contribution is -2.32. The first-order valence-corrected chi connectivity index (χ1v) is 8.36. The van der Waals surface area contributed by atoms with Crippen LogP contribution in [-0.4, -0.2) is 29.2 Å². The first kappa shape index (κ1) is 16.1. The van der Waals surface area contributed by atoms with E-state index in [2.05, 4.69) is 17.2 Å². The first-order valence-electron chi connectivity index (χ1n) is 8.36. The van der Waals surface area contributed by atoms with Gasteiger partial charge in [0.1, 0.15) is 6.54 Å². The van der Waals surface area contributed by atoms with Crippen LogP contribution in [0.2, 0.25) is 0 Å². The Labute approximate surface area is 150 Å². The van der Waals surface area contributed by atoms with Gasteiger partial charge >= 0.3 is 0 Å². The Morgan fingerprint density at radius 1 is 1.12 bits per heavy atom. The molecule has 0 spiro atoms. The van der Waals surface area contributed by atoms with Crippen LogP contribution in [0.5, 0.6) is 0 Å². The Morgan fingerprint density at radius 3 is 2.65 bits per heavy atom. The Hall–Kier alpha value is -3.41. The SMILES string of the molecule is C=C1c2ccccc2C(=O)N1CC(=O)Nc1ccc2c(c1)CCC(=O)N2. The predicted molar refractivity (Wildman–Crippen MR) is 98.5 cm³/mol. The van der Waals surface area contributed by atoms with E-state index in [1.165, 1.54) is 4.90 Å². The summed E-state index contributed by atoms with van der Waals surface area (Å²) < 4.78 is 0. The third-order valence-corrected chi connectivity index (χ3v) is 4.63. The molecule has 0 aromatic heterocycles. The summed E-state index contributed by atoms with van der Waals surface area (Å²) in [6, 6.07) is 12.5. The highest BCUT2D eigenvalue weighted by Gasteiger charge is 2.31. The number of nitrogens with zero attached hydrogens (tertiary/aromatic N) is 1. The lowest BCUT2D eigenvalue weighted by atomic mass is 10.0. The lowest BCUT2D eigenvalue weighted by molar-refractivity contribution is -0.117. The second kappa shape index (κ2) is 6.15. The summed E-state index contributed by atoms with van der Waals surface area (Å²) in [7, 11) is 0. The molecule has 0 fully saturated rings. The van der Waals surface area contributed by atoms with E-state index in [1.54, 1.807) is 24.3 Å². The number of amides is 3. The number of fused-ring (bicyclic) bond motifs is 2. The molecule has 2 N–H and O–H groups in total. The van der Waals surface area contributed by atoms with Crippen molar-refractivity contribution < 1.29 is 14.4 Å². The van der Waals surface area contributed by atoms with Crippen molar-refractivity contribution in [3.05, 3.63) is 65.7 Å². The van der Waals surface area contributed by atoms with E-state index in [-0.39, 0.29) is 24.3 Å². The fourth-order valence-corrected chi connectivity index (χ4v) is 3.31. The quantitative estimate of drug-likeness (QED) is 0.896. The van der Waals surface area contributed by atoms with Crippen molar-refractivity contribution in [2.24, 2.45) is 0 Å². The minimum atomic E-state index is -0.299. The van der Waals surface area contributed by atoms with Crippen molar-refractivity contribution in [3.63, 3.8) is 0 Å². The minimum absolute atomic E-state index is 0.0000834. The average molecular weight is 347 g/mol. The van der Waals surface area contributed by atoms with Gasteiger partial charge in [0.25, 0.3) is 5.91 Å². The van der Waals surface area contributed by atoms with E-state index in [4.69, 9.17) is 0 Å². The van der Waals surface area contributed by atoms with E-state index < -0.39 is 0 Å². The third-order valence-electron chi connectivity index (χ3n) is 4.63. The monoisotopic (exact) mass is 347 g/mol. The summed E-state index contributed by atoms with van der Waals surface area (Å²) >= 11 is 0. The Bertz CT molecular complexity index is 930. The van der Waals surface area contributed by atoms with E-state index in [0.717, 1.165) is 16.8 Å². The van der Waals surface area contributed by atoms with Crippen LogP contribution in [-0.2, 0) is 16.0 Å². The number of aryl methyl sites for hydroxylation is 1. The van der Waals surface area contributed by atoms with Crippen LogP contribution >= 0.6 is 0 Å². The topological polar surface area (TPSA) is 78.5 Å². The molecular weight excluding hydrogens is 330 g/mol. The number of hydrogen-bond donors (Lipinski definition) is 2. The molecule has 0 atom stereocenters. The van der Waals surface area contributed by atoms with Crippen molar-refractivity contribution in [2.45, 2.75) is 12.8 Å². The maximum absolute atomic E-state index is 12.5. The smallest absolute Gasteiger partial charge is 0.259 e. The summed E-state index contributed by atoms with van der Waals surface area (Å²) in [4.78, 5) is 37.7. The number of benzene rings is 2. The number of anilines is 2. The van der Waals surface area contributed by atoms with Gasteiger partial charge in [0.2, 0.25) is 11.8 Å². The molecule has 6 heteroatoms. The minimum Gasteiger partial charge on any atom is -0.326 e. The van der Waals surface area contributed by atoms with Crippen LogP contribution in [0, 0.1) is 0 Å². The summed E-state index contributed by atoms with van der Waals surface area (Å²) in [5.74, 6) is -0.513. The molecule has 0 saturated carbocycles. The molecular formula is C20H17N3O3.